The summed E-state index contributed by atoms with van der Waals surface area (Å²) in [6.07, 6.45) is 2.31. The van der Waals surface area contributed by atoms with Gasteiger partial charge in [0.25, 0.3) is 0 Å². The van der Waals surface area contributed by atoms with Gasteiger partial charge in [0.2, 0.25) is 0 Å². The fraction of sp³-hybridized carbons (Fsp3) is 0.194. The summed E-state index contributed by atoms with van der Waals surface area (Å²) < 4.78 is 0. The minimum Gasteiger partial charge on any atom is -0.308 e. The summed E-state index contributed by atoms with van der Waals surface area (Å²) in [4.78, 5) is 10.1. The van der Waals surface area contributed by atoms with E-state index >= 15 is 0 Å². The number of thioether (sulfide) groups is 1. The number of hydrogen-bond acceptors (Lipinski definition) is 4. The third-order valence-electron chi connectivity index (χ3n) is 6.98. The highest BCUT2D eigenvalue weighted by molar-refractivity contribution is 8.16. The number of benzene rings is 3. The molecule has 3 aromatic rings. The van der Waals surface area contributed by atoms with E-state index in [1.54, 1.807) is 11.8 Å². The Morgan fingerprint density at radius 2 is 1.56 bits per heavy atom. The molecule has 3 nitrogen and oxygen atoms in total. The molecule has 0 aliphatic carbocycles. The maximum absolute atomic E-state index is 6.21. The van der Waals surface area contributed by atoms with E-state index in [9.17, 15) is 0 Å². The fourth-order valence-electron chi connectivity index (χ4n) is 5.16. The van der Waals surface area contributed by atoms with Crippen LogP contribution in [0.5, 0.6) is 0 Å². The first-order valence-electron chi connectivity index (χ1n) is 12.2. The van der Waals surface area contributed by atoms with Gasteiger partial charge in [-0.3, -0.25) is 4.90 Å². The molecule has 0 saturated carbocycles. The van der Waals surface area contributed by atoms with E-state index in [0.29, 0.717) is 0 Å². The lowest BCUT2D eigenvalue weighted by molar-refractivity contribution is 0.344. The van der Waals surface area contributed by atoms with E-state index in [-0.39, 0.29) is 6.04 Å². The summed E-state index contributed by atoms with van der Waals surface area (Å²) in [5.41, 5.74) is 11.1. The maximum atomic E-state index is 6.21. The monoisotopic (exact) mass is 509 g/mol. The van der Waals surface area contributed by atoms with Crippen LogP contribution in [0.4, 0.5) is 0 Å². The van der Waals surface area contributed by atoms with Gasteiger partial charge in [0, 0.05) is 23.5 Å². The third kappa shape index (κ3) is 4.34. The number of likely N-dealkylation sites (N-methyl/N-ethyl adjacent to an activating group) is 1. The molecule has 6 rings (SSSR count). The minimum absolute atomic E-state index is 0.0780. The Morgan fingerprint density at radius 3 is 2.25 bits per heavy atom. The van der Waals surface area contributed by atoms with E-state index < -0.39 is 0 Å². The van der Waals surface area contributed by atoms with Crippen LogP contribution >= 0.6 is 23.4 Å². The van der Waals surface area contributed by atoms with Crippen molar-refractivity contribution in [1.29, 1.82) is 0 Å². The van der Waals surface area contributed by atoms with Crippen LogP contribution in [0.15, 0.2) is 100 Å². The Morgan fingerprint density at radius 1 is 0.889 bits per heavy atom. The quantitative estimate of drug-likeness (QED) is 0.360. The predicted octanol–water partition coefficient (Wildman–Crippen LogP) is 7.70. The Bertz CT molecular complexity index is 1430. The number of aryl methyl sites for hydroxylation is 2. The van der Waals surface area contributed by atoms with E-state index in [1.807, 2.05) is 12.1 Å². The molecule has 5 heteroatoms. The number of hydrogen-bond donors (Lipinski definition) is 0. The van der Waals surface area contributed by atoms with Crippen LogP contribution in [0.3, 0.4) is 0 Å². The molecule has 3 heterocycles. The average molecular weight is 510 g/mol. The number of nitrogens with zero attached hydrogens (tertiary/aromatic N) is 3. The molecule has 0 aromatic heterocycles. The predicted molar refractivity (Wildman–Crippen MR) is 154 cm³/mol. The first-order valence-corrected chi connectivity index (χ1v) is 13.5. The molecule has 36 heavy (non-hydrogen) atoms. The van der Waals surface area contributed by atoms with E-state index in [1.165, 1.54) is 39.1 Å². The highest BCUT2D eigenvalue weighted by Crippen LogP contribution is 2.49. The smallest absolute Gasteiger partial charge is 0.174 e. The third-order valence-corrected chi connectivity index (χ3v) is 8.07. The Hall–Kier alpha value is -3.05. The van der Waals surface area contributed by atoms with Gasteiger partial charge in [0.05, 0.1) is 17.4 Å². The van der Waals surface area contributed by atoms with Crippen molar-refractivity contribution >= 4 is 40.3 Å². The molecule has 0 radical (unpaired) electrons. The second-order valence-corrected chi connectivity index (χ2v) is 11.1. The number of fused-ring (bicyclic) bond motifs is 1. The van der Waals surface area contributed by atoms with Crippen LogP contribution in [0.25, 0.3) is 11.8 Å². The molecule has 0 amide bonds. The lowest BCUT2D eigenvalue weighted by Gasteiger charge is -2.42. The van der Waals surface area contributed by atoms with Crippen molar-refractivity contribution in [3.8, 4) is 0 Å². The molecule has 0 unspecified atom stereocenters. The highest BCUT2D eigenvalue weighted by atomic mass is 35.5. The van der Waals surface area contributed by atoms with Crippen molar-refractivity contribution in [2.75, 3.05) is 20.1 Å². The van der Waals surface area contributed by atoms with Crippen LogP contribution in [-0.2, 0) is 0 Å². The second-order valence-electron chi connectivity index (χ2n) is 9.83. The van der Waals surface area contributed by atoms with Crippen LogP contribution in [0, 0.1) is 13.8 Å². The van der Waals surface area contributed by atoms with Crippen molar-refractivity contribution in [3.05, 3.63) is 128 Å². The SMILES string of the molecule is Cc1ccc(/C=C2\CN(C)CC3=C2N=C2SC=C(c4ccc(Cl)cc4)N2[C@@H]3c2ccc(C)cc2)cc1. The van der Waals surface area contributed by atoms with Gasteiger partial charge < -0.3 is 4.90 Å². The van der Waals surface area contributed by atoms with Crippen LogP contribution in [-0.4, -0.2) is 35.1 Å². The molecule has 1 atom stereocenters. The highest BCUT2D eigenvalue weighted by Gasteiger charge is 2.41. The van der Waals surface area contributed by atoms with Crippen LogP contribution in [0.2, 0.25) is 5.02 Å². The number of amidine groups is 1. The summed E-state index contributed by atoms with van der Waals surface area (Å²) in [5.74, 6) is 0. The van der Waals surface area contributed by atoms with Crippen molar-refractivity contribution < 1.29 is 0 Å². The molecule has 0 N–H and O–H groups in total. The normalized spacial score (nSPS) is 20.8. The van der Waals surface area contributed by atoms with Crippen molar-refractivity contribution in [3.63, 3.8) is 0 Å². The molecule has 3 aliphatic rings. The topological polar surface area (TPSA) is 18.8 Å². The van der Waals surface area contributed by atoms with Gasteiger partial charge in [-0.25, -0.2) is 4.99 Å². The van der Waals surface area contributed by atoms with Gasteiger partial charge in [0.1, 0.15) is 0 Å². The summed E-state index contributed by atoms with van der Waals surface area (Å²) in [6, 6.07) is 25.9. The maximum Gasteiger partial charge on any atom is 0.174 e. The summed E-state index contributed by atoms with van der Waals surface area (Å²) in [7, 11) is 2.20. The summed E-state index contributed by atoms with van der Waals surface area (Å²) in [5, 5.41) is 4.01. The molecule has 0 fully saturated rings. The lowest BCUT2D eigenvalue weighted by Crippen LogP contribution is -2.40. The van der Waals surface area contributed by atoms with Crippen molar-refractivity contribution in [2.45, 2.75) is 19.9 Å². The van der Waals surface area contributed by atoms with Crippen LogP contribution in [0.1, 0.15) is 33.9 Å². The van der Waals surface area contributed by atoms with E-state index in [2.05, 4.69) is 103 Å². The van der Waals surface area contributed by atoms with E-state index in [0.717, 1.165) is 34.5 Å². The number of rotatable bonds is 3. The minimum atomic E-state index is 0.0780. The summed E-state index contributed by atoms with van der Waals surface area (Å²) in [6.45, 7) is 6.03. The summed E-state index contributed by atoms with van der Waals surface area (Å²) >= 11 is 7.92. The van der Waals surface area contributed by atoms with Crippen molar-refractivity contribution in [1.82, 2.24) is 9.80 Å². The molecule has 3 aliphatic heterocycles. The zero-order chi connectivity index (χ0) is 24.8. The molecule has 0 spiro atoms. The number of aliphatic imine (C=N–C) groups is 1. The molecule has 0 bridgehead atoms. The zero-order valence-electron chi connectivity index (χ0n) is 20.7. The number of halogens is 1. The van der Waals surface area contributed by atoms with Gasteiger partial charge >= 0.3 is 0 Å². The second kappa shape index (κ2) is 9.44. The first-order chi connectivity index (χ1) is 17.5. The van der Waals surface area contributed by atoms with Crippen molar-refractivity contribution in [2.24, 2.45) is 4.99 Å². The molecule has 3 aromatic carbocycles. The molecule has 0 saturated heterocycles. The largest absolute Gasteiger partial charge is 0.308 e. The van der Waals surface area contributed by atoms with Gasteiger partial charge in [0.15, 0.2) is 5.17 Å². The molecular formula is C31H28ClN3S. The molecule has 180 valence electrons. The zero-order valence-corrected chi connectivity index (χ0v) is 22.3. The Balaban J connectivity index is 1.50. The Labute approximate surface area is 222 Å². The standard InChI is InChI=1S/C31H28ClN3S/c1-20-4-8-22(9-5-20)16-25-17-34(3)18-27-29(25)33-31-35(30(27)24-10-6-21(2)7-11-24)28(19-36-31)23-12-14-26(32)15-13-23/h4-16,19,30H,17-18H2,1-3H3/b25-16+/t30-/m1/s1. The van der Waals surface area contributed by atoms with Crippen LogP contribution < -0.4 is 0 Å². The average Bonchev–Trinajstić information content (AvgIpc) is 3.29. The lowest BCUT2D eigenvalue weighted by atomic mass is 9.87. The van der Waals surface area contributed by atoms with Gasteiger partial charge in [-0.1, -0.05) is 95.2 Å². The van der Waals surface area contributed by atoms with Gasteiger partial charge in [-0.05, 0) is 66.9 Å². The Kier molecular flexibility index (Phi) is 6.12. The fourth-order valence-corrected chi connectivity index (χ4v) is 6.22. The van der Waals surface area contributed by atoms with Gasteiger partial charge in [-0.2, -0.15) is 0 Å². The van der Waals surface area contributed by atoms with Gasteiger partial charge in [-0.15, -0.1) is 0 Å². The first kappa shape index (κ1) is 23.4. The van der Waals surface area contributed by atoms with E-state index in [4.69, 9.17) is 16.6 Å². The molecular weight excluding hydrogens is 482 g/mol.